The zero-order chi connectivity index (χ0) is 16.6. The summed E-state index contributed by atoms with van der Waals surface area (Å²) in [4.78, 5) is 6.83. The molecular weight excluding hydrogens is 312 g/mol. The van der Waals surface area contributed by atoms with Crippen molar-refractivity contribution in [3.8, 4) is 0 Å². The highest BCUT2D eigenvalue weighted by atomic mass is 16.5. The molecule has 0 unspecified atom stereocenters. The summed E-state index contributed by atoms with van der Waals surface area (Å²) in [7, 11) is 0. The number of rotatable bonds is 4. The Morgan fingerprint density at radius 3 is 2.80 bits per heavy atom. The van der Waals surface area contributed by atoms with Crippen LogP contribution in [0.3, 0.4) is 0 Å². The van der Waals surface area contributed by atoms with Crippen LogP contribution in [-0.2, 0) is 11.3 Å². The van der Waals surface area contributed by atoms with Crippen molar-refractivity contribution in [3.63, 3.8) is 0 Å². The summed E-state index contributed by atoms with van der Waals surface area (Å²) in [6, 6.07) is 14.9. The lowest BCUT2D eigenvalue weighted by Gasteiger charge is -2.38. The van der Waals surface area contributed by atoms with Gasteiger partial charge in [0.05, 0.1) is 12.2 Å². The molecule has 3 heterocycles. The van der Waals surface area contributed by atoms with Gasteiger partial charge in [0.25, 0.3) is 0 Å². The van der Waals surface area contributed by atoms with Gasteiger partial charge in [0.1, 0.15) is 6.33 Å². The highest BCUT2D eigenvalue weighted by molar-refractivity contribution is 5.39. The third-order valence-electron chi connectivity index (χ3n) is 5.27. The van der Waals surface area contributed by atoms with Crippen LogP contribution in [0.1, 0.15) is 30.1 Å². The molecule has 0 N–H and O–H groups in total. The lowest BCUT2D eigenvalue weighted by molar-refractivity contribution is -0.0986. The van der Waals surface area contributed by atoms with Crippen LogP contribution in [0.25, 0.3) is 5.65 Å². The van der Waals surface area contributed by atoms with Gasteiger partial charge in [-0.25, -0.2) is 9.50 Å². The first-order chi connectivity index (χ1) is 12.3. The van der Waals surface area contributed by atoms with Crippen LogP contribution in [0.5, 0.6) is 0 Å². The molecule has 128 valence electrons. The maximum absolute atomic E-state index is 6.45. The second kappa shape index (κ2) is 6.24. The predicted octanol–water partition coefficient (Wildman–Crippen LogP) is 3.08. The lowest BCUT2D eigenvalue weighted by Crippen LogP contribution is -2.44. The minimum Gasteiger partial charge on any atom is -0.367 e. The highest BCUT2D eigenvalue weighted by Crippen LogP contribution is 2.39. The molecule has 1 aliphatic heterocycles. The fourth-order valence-electron chi connectivity index (χ4n) is 3.78. The molecule has 5 rings (SSSR count). The fourth-order valence-corrected chi connectivity index (χ4v) is 3.78. The van der Waals surface area contributed by atoms with Crippen LogP contribution in [0.4, 0.5) is 0 Å². The van der Waals surface area contributed by atoms with E-state index in [0.29, 0.717) is 6.10 Å². The van der Waals surface area contributed by atoms with Crippen molar-refractivity contribution in [2.75, 3.05) is 13.1 Å². The van der Waals surface area contributed by atoms with E-state index in [9.17, 15) is 0 Å². The van der Waals surface area contributed by atoms with Crippen molar-refractivity contribution >= 4 is 5.65 Å². The molecule has 25 heavy (non-hydrogen) atoms. The Labute approximate surface area is 147 Å². The Bertz CT molecular complexity index is 858. The molecule has 2 fully saturated rings. The molecule has 2 atom stereocenters. The first-order valence-electron chi connectivity index (χ1n) is 9.06. The number of nitrogens with zero attached hydrogens (tertiary/aromatic N) is 4. The van der Waals surface area contributed by atoms with E-state index in [-0.39, 0.29) is 6.10 Å². The van der Waals surface area contributed by atoms with E-state index in [1.54, 1.807) is 6.33 Å². The van der Waals surface area contributed by atoms with Crippen LogP contribution in [0, 0.1) is 5.92 Å². The summed E-state index contributed by atoms with van der Waals surface area (Å²) in [6.07, 6.45) is 6.73. The minimum absolute atomic E-state index is 0.164. The first-order valence-corrected chi connectivity index (χ1v) is 9.06. The van der Waals surface area contributed by atoms with Gasteiger partial charge in [0.2, 0.25) is 0 Å². The zero-order valence-electron chi connectivity index (χ0n) is 14.2. The van der Waals surface area contributed by atoms with Gasteiger partial charge >= 0.3 is 0 Å². The molecule has 2 aliphatic rings. The van der Waals surface area contributed by atoms with Gasteiger partial charge in [0, 0.05) is 25.8 Å². The number of ether oxygens (including phenoxy) is 1. The van der Waals surface area contributed by atoms with Crippen molar-refractivity contribution in [1.82, 2.24) is 19.5 Å². The molecule has 0 radical (unpaired) electrons. The van der Waals surface area contributed by atoms with E-state index in [4.69, 9.17) is 4.74 Å². The predicted molar refractivity (Wildman–Crippen MR) is 95.0 cm³/mol. The minimum atomic E-state index is 0.164. The van der Waals surface area contributed by atoms with Crippen molar-refractivity contribution in [3.05, 3.63) is 66.1 Å². The molecule has 0 amide bonds. The molecule has 0 spiro atoms. The number of fused-ring (bicyclic) bond motifs is 1. The molecule has 1 saturated carbocycles. The number of aromatic nitrogens is 3. The summed E-state index contributed by atoms with van der Waals surface area (Å²) >= 11 is 0. The smallest absolute Gasteiger partial charge is 0.155 e. The molecular formula is C20H22N4O. The lowest BCUT2D eigenvalue weighted by atomic mass is 10.0. The van der Waals surface area contributed by atoms with E-state index in [0.717, 1.165) is 31.2 Å². The molecule has 1 aliphatic carbocycles. The van der Waals surface area contributed by atoms with Gasteiger partial charge in [0.15, 0.2) is 5.65 Å². The van der Waals surface area contributed by atoms with Crippen LogP contribution in [-0.4, -0.2) is 38.7 Å². The Morgan fingerprint density at radius 2 is 1.96 bits per heavy atom. The van der Waals surface area contributed by atoms with E-state index in [1.165, 1.54) is 24.0 Å². The Balaban J connectivity index is 1.37. The van der Waals surface area contributed by atoms with Crippen LogP contribution < -0.4 is 0 Å². The molecule has 3 aromatic rings. The molecule has 5 nitrogen and oxygen atoms in total. The summed E-state index contributed by atoms with van der Waals surface area (Å²) in [5, 5.41) is 4.17. The Hall–Kier alpha value is -2.24. The SMILES string of the molecule is c1ccc([C@@H]2CN(Cc3ccn4ncnc4c3)C[C@H](C3CC3)O2)cc1. The number of hydrogen-bond donors (Lipinski definition) is 0. The molecule has 0 bridgehead atoms. The summed E-state index contributed by atoms with van der Waals surface area (Å²) in [5.41, 5.74) is 3.47. The molecule has 1 saturated heterocycles. The average molecular weight is 334 g/mol. The van der Waals surface area contributed by atoms with Crippen LogP contribution in [0.15, 0.2) is 55.0 Å². The summed E-state index contributed by atoms with van der Waals surface area (Å²) < 4.78 is 8.26. The maximum Gasteiger partial charge on any atom is 0.155 e. The number of morpholine rings is 1. The monoisotopic (exact) mass is 334 g/mol. The topological polar surface area (TPSA) is 42.7 Å². The standard InChI is InChI=1S/C20H22N4O/c1-2-4-16(5-3-1)18-12-23(13-19(25-18)17-6-7-17)11-15-8-9-24-20(10-15)21-14-22-24/h1-5,8-10,14,17-19H,6-7,11-13H2/t18-,19+/m0/s1. The molecule has 1 aromatic carbocycles. The first kappa shape index (κ1) is 15.0. The van der Waals surface area contributed by atoms with E-state index in [1.807, 2.05) is 10.7 Å². The highest BCUT2D eigenvalue weighted by Gasteiger charge is 2.38. The van der Waals surface area contributed by atoms with Gasteiger partial charge in [-0.1, -0.05) is 30.3 Å². The van der Waals surface area contributed by atoms with Crippen molar-refractivity contribution in [1.29, 1.82) is 0 Å². The second-order valence-corrected chi connectivity index (χ2v) is 7.20. The van der Waals surface area contributed by atoms with Crippen LogP contribution in [0.2, 0.25) is 0 Å². The molecule has 2 aromatic heterocycles. The quantitative estimate of drug-likeness (QED) is 0.735. The van der Waals surface area contributed by atoms with Gasteiger partial charge < -0.3 is 4.74 Å². The maximum atomic E-state index is 6.45. The molecule has 5 heteroatoms. The number of pyridine rings is 1. The second-order valence-electron chi connectivity index (χ2n) is 7.20. The van der Waals surface area contributed by atoms with Gasteiger partial charge in [-0.3, -0.25) is 4.90 Å². The summed E-state index contributed by atoms with van der Waals surface area (Å²) in [5.74, 6) is 0.744. The van der Waals surface area contributed by atoms with Gasteiger partial charge in [-0.15, -0.1) is 0 Å². The Morgan fingerprint density at radius 1 is 1.08 bits per heavy atom. The van der Waals surface area contributed by atoms with E-state index >= 15 is 0 Å². The largest absolute Gasteiger partial charge is 0.367 e. The zero-order valence-corrected chi connectivity index (χ0v) is 14.2. The summed E-state index contributed by atoms with van der Waals surface area (Å²) in [6.45, 7) is 2.89. The normalized spacial score (nSPS) is 24.6. The van der Waals surface area contributed by atoms with E-state index < -0.39 is 0 Å². The van der Waals surface area contributed by atoms with Crippen molar-refractivity contribution in [2.45, 2.75) is 31.6 Å². The third-order valence-corrected chi connectivity index (χ3v) is 5.27. The van der Waals surface area contributed by atoms with Crippen molar-refractivity contribution in [2.24, 2.45) is 5.92 Å². The number of benzene rings is 1. The van der Waals surface area contributed by atoms with Crippen molar-refractivity contribution < 1.29 is 4.74 Å². The fraction of sp³-hybridized carbons (Fsp3) is 0.400. The third kappa shape index (κ3) is 3.17. The number of hydrogen-bond acceptors (Lipinski definition) is 4. The van der Waals surface area contributed by atoms with Crippen LogP contribution >= 0.6 is 0 Å². The van der Waals surface area contributed by atoms with Gasteiger partial charge in [-0.2, -0.15) is 5.10 Å². The van der Waals surface area contributed by atoms with E-state index in [2.05, 4.69) is 57.4 Å². The van der Waals surface area contributed by atoms with Gasteiger partial charge in [-0.05, 0) is 42.0 Å². The average Bonchev–Trinajstić information content (AvgIpc) is 3.40. The Kier molecular flexibility index (Phi) is 3.76.